The van der Waals surface area contributed by atoms with Crippen molar-refractivity contribution >= 4 is 29.9 Å². The second-order valence-corrected chi connectivity index (χ2v) is 6.59. The summed E-state index contributed by atoms with van der Waals surface area (Å²) in [5, 5.41) is 2.84. The Morgan fingerprint density at radius 2 is 2.04 bits per heavy atom. The van der Waals surface area contributed by atoms with E-state index in [0.717, 1.165) is 17.7 Å². The van der Waals surface area contributed by atoms with Crippen molar-refractivity contribution in [2.75, 3.05) is 18.0 Å². The van der Waals surface area contributed by atoms with Crippen molar-refractivity contribution in [2.24, 2.45) is 11.7 Å². The van der Waals surface area contributed by atoms with Gasteiger partial charge in [-0.1, -0.05) is 25.1 Å². The lowest BCUT2D eigenvalue weighted by atomic mass is 10.1. The summed E-state index contributed by atoms with van der Waals surface area (Å²) in [6.45, 7) is 6.62. The number of carbonyl (C=O) groups is 2. The van der Waals surface area contributed by atoms with E-state index in [2.05, 4.69) is 12.2 Å². The molecule has 1 heterocycles. The van der Waals surface area contributed by atoms with Crippen molar-refractivity contribution < 1.29 is 9.59 Å². The molecular formula is C17H26ClN3O2. The number of rotatable bonds is 5. The van der Waals surface area contributed by atoms with Crippen LogP contribution in [-0.4, -0.2) is 30.4 Å². The zero-order chi connectivity index (χ0) is 16.3. The van der Waals surface area contributed by atoms with E-state index in [4.69, 9.17) is 5.73 Å². The van der Waals surface area contributed by atoms with Gasteiger partial charge in [-0.25, -0.2) is 0 Å². The molecule has 1 aliphatic rings. The summed E-state index contributed by atoms with van der Waals surface area (Å²) >= 11 is 0. The molecule has 1 saturated heterocycles. The molecule has 128 valence electrons. The Balaban J connectivity index is 0.00000264. The summed E-state index contributed by atoms with van der Waals surface area (Å²) in [6.07, 6.45) is 1.12. The maximum Gasteiger partial charge on any atom is 0.227 e. The Labute approximate surface area is 144 Å². The number of carbonyl (C=O) groups excluding carboxylic acids is 2. The molecule has 0 saturated carbocycles. The average molecular weight is 340 g/mol. The van der Waals surface area contributed by atoms with Crippen LogP contribution in [0.4, 0.5) is 5.69 Å². The Morgan fingerprint density at radius 3 is 2.65 bits per heavy atom. The fourth-order valence-corrected chi connectivity index (χ4v) is 2.65. The Morgan fingerprint density at radius 1 is 1.39 bits per heavy atom. The van der Waals surface area contributed by atoms with Crippen molar-refractivity contribution in [3.63, 3.8) is 0 Å². The second-order valence-electron chi connectivity index (χ2n) is 6.59. The smallest absolute Gasteiger partial charge is 0.227 e. The number of nitrogens with zero attached hydrogens (tertiary/aromatic N) is 1. The van der Waals surface area contributed by atoms with Gasteiger partial charge in [0, 0.05) is 30.7 Å². The van der Waals surface area contributed by atoms with Crippen LogP contribution in [0.3, 0.4) is 0 Å². The first-order valence-corrected chi connectivity index (χ1v) is 7.76. The minimum atomic E-state index is -0.452. The molecule has 0 aliphatic carbocycles. The van der Waals surface area contributed by atoms with Crippen LogP contribution in [-0.2, 0) is 16.0 Å². The lowest BCUT2D eigenvalue weighted by Gasteiger charge is -2.21. The molecule has 2 rings (SSSR count). The number of benzene rings is 1. The molecule has 0 spiro atoms. The highest BCUT2D eigenvalue weighted by Crippen LogP contribution is 2.28. The molecule has 23 heavy (non-hydrogen) atoms. The van der Waals surface area contributed by atoms with Gasteiger partial charge in [0.05, 0.1) is 5.92 Å². The Hall–Kier alpha value is -1.59. The van der Waals surface area contributed by atoms with Crippen molar-refractivity contribution in [1.29, 1.82) is 0 Å². The predicted octanol–water partition coefficient (Wildman–Crippen LogP) is 1.88. The largest absolute Gasteiger partial charge is 0.354 e. The molecule has 1 fully saturated rings. The molecule has 1 unspecified atom stereocenters. The predicted molar refractivity (Wildman–Crippen MR) is 94.8 cm³/mol. The van der Waals surface area contributed by atoms with E-state index in [1.54, 1.807) is 4.90 Å². The number of halogens is 1. The van der Waals surface area contributed by atoms with Crippen LogP contribution in [0.5, 0.6) is 0 Å². The summed E-state index contributed by atoms with van der Waals surface area (Å²) in [6, 6.07) is 7.86. The van der Waals surface area contributed by atoms with Crippen LogP contribution in [0.1, 0.15) is 32.8 Å². The van der Waals surface area contributed by atoms with Gasteiger partial charge in [-0.05, 0) is 31.9 Å². The first-order valence-electron chi connectivity index (χ1n) is 7.76. The van der Waals surface area contributed by atoms with Gasteiger partial charge in [0.2, 0.25) is 11.8 Å². The third kappa shape index (κ3) is 4.94. The first-order chi connectivity index (χ1) is 10.3. The maximum atomic E-state index is 12.3. The molecule has 0 radical (unpaired) electrons. The molecule has 1 aromatic rings. The number of nitrogens with one attached hydrogen (secondary N) is 1. The van der Waals surface area contributed by atoms with E-state index in [9.17, 15) is 9.59 Å². The highest BCUT2D eigenvalue weighted by molar-refractivity contribution is 6.00. The zero-order valence-electron chi connectivity index (χ0n) is 14.0. The van der Waals surface area contributed by atoms with Gasteiger partial charge in [0.15, 0.2) is 0 Å². The van der Waals surface area contributed by atoms with Crippen molar-refractivity contribution in [1.82, 2.24) is 5.32 Å². The fourth-order valence-electron chi connectivity index (χ4n) is 2.65. The van der Waals surface area contributed by atoms with Crippen LogP contribution in [0.25, 0.3) is 0 Å². The third-order valence-corrected chi connectivity index (χ3v) is 3.88. The van der Waals surface area contributed by atoms with Gasteiger partial charge >= 0.3 is 0 Å². The molecular weight excluding hydrogens is 314 g/mol. The lowest BCUT2D eigenvalue weighted by Crippen LogP contribution is -2.46. The fraction of sp³-hybridized carbons (Fsp3) is 0.529. The van der Waals surface area contributed by atoms with Gasteiger partial charge in [-0.2, -0.15) is 0 Å². The number of para-hydroxylation sites is 1. The average Bonchev–Trinajstić information content (AvgIpc) is 2.86. The van der Waals surface area contributed by atoms with Crippen LogP contribution in [0.2, 0.25) is 0 Å². The Bertz CT molecular complexity index is 569. The lowest BCUT2D eigenvalue weighted by molar-refractivity contribution is -0.126. The summed E-state index contributed by atoms with van der Waals surface area (Å²) < 4.78 is 0. The highest BCUT2D eigenvalue weighted by atomic mass is 35.5. The molecule has 1 atom stereocenters. The van der Waals surface area contributed by atoms with E-state index < -0.39 is 5.54 Å². The summed E-state index contributed by atoms with van der Waals surface area (Å²) in [5.74, 6) is -0.392. The van der Waals surface area contributed by atoms with Crippen LogP contribution >= 0.6 is 12.4 Å². The number of nitrogens with two attached hydrogens (primary N) is 1. The van der Waals surface area contributed by atoms with Gasteiger partial charge in [0.25, 0.3) is 0 Å². The summed E-state index contributed by atoms with van der Waals surface area (Å²) in [4.78, 5) is 26.2. The Kier molecular flexibility index (Phi) is 6.59. The first kappa shape index (κ1) is 19.5. The molecule has 5 nitrogen and oxygen atoms in total. The van der Waals surface area contributed by atoms with Gasteiger partial charge in [-0.15, -0.1) is 12.4 Å². The van der Waals surface area contributed by atoms with Crippen LogP contribution < -0.4 is 16.0 Å². The third-order valence-electron chi connectivity index (χ3n) is 3.88. The van der Waals surface area contributed by atoms with Crippen LogP contribution in [0, 0.1) is 5.92 Å². The second kappa shape index (κ2) is 7.79. The topological polar surface area (TPSA) is 75.4 Å². The van der Waals surface area contributed by atoms with Gasteiger partial charge in [-0.3, -0.25) is 9.59 Å². The number of anilines is 1. The molecule has 1 aliphatic heterocycles. The molecule has 3 N–H and O–H groups in total. The number of hydrogen-bond acceptors (Lipinski definition) is 3. The zero-order valence-corrected chi connectivity index (χ0v) is 14.8. The van der Waals surface area contributed by atoms with Gasteiger partial charge in [0.1, 0.15) is 0 Å². The molecule has 0 aromatic heterocycles. The minimum Gasteiger partial charge on any atom is -0.354 e. The molecule has 1 aromatic carbocycles. The normalized spacial score (nSPS) is 17.8. The van der Waals surface area contributed by atoms with E-state index >= 15 is 0 Å². The van der Waals surface area contributed by atoms with Gasteiger partial charge < -0.3 is 16.0 Å². The van der Waals surface area contributed by atoms with E-state index in [-0.39, 0.29) is 36.6 Å². The van der Waals surface area contributed by atoms with Crippen LogP contribution in [0.15, 0.2) is 24.3 Å². The standard InChI is InChI=1S/C17H25N3O2.ClH/c1-4-12-7-5-6-8-14(12)20-10-13(9-15(20)21)16(22)19-11-17(2,3)18;/h5-8,13H,4,9-11,18H2,1-3H3,(H,19,22);1H. The maximum absolute atomic E-state index is 12.3. The van der Waals surface area contributed by atoms with E-state index in [1.807, 2.05) is 38.1 Å². The quantitative estimate of drug-likeness (QED) is 0.860. The number of hydrogen-bond donors (Lipinski definition) is 2. The molecule has 6 heteroatoms. The van der Waals surface area contributed by atoms with E-state index in [0.29, 0.717) is 13.1 Å². The van der Waals surface area contributed by atoms with E-state index in [1.165, 1.54) is 0 Å². The highest BCUT2D eigenvalue weighted by Gasteiger charge is 2.35. The molecule has 0 bridgehead atoms. The number of aryl methyl sites for hydroxylation is 1. The molecule has 2 amide bonds. The summed E-state index contributed by atoms with van der Waals surface area (Å²) in [5.41, 5.74) is 7.47. The summed E-state index contributed by atoms with van der Waals surface area (Å²) in [7, 11) is 0. The minimum absolute atomic E-state index is 0. The van der Waals surface area contributed by atoms with Crippen molar-refractivity contribution in [3.05, 3.63) is 29.8 Å². The monoisotopic (exact) mass is 339 g/mol. The van der Waals surface area contributed by atoms with Crippen molar-refractivity contribution in [2.45, 2.75) is 39.2 Å². The number of amides is 2. The SMILES string of the molecule is CCc1ccccc1N1CC(C(=O)NCC(C)(C)N)CC1=O.Cl. The van der Waals surface area contributed by atoms with Crippen molar-refractivity contribution in [3.8, 4) is 0 Å².